The molecule has 0 heterocycles. The Hall–Kier alpha value is -2.40. The summed E-state index contributed by atoms with van der Waals surface area (Å²) < 4.78 is 0. The van der Waals surface area contributed by atoms with E-state index >= 15 is 0 Å². The number of carboxylic acid groups (broad SMARTS) is 2. The second-order valence-corrected chi connectivity index (χ2v) is 4.22. The zero-order valence-corrected chi connectivity index (χ0v) is 10.9. The fourth-order valence-electron chi connectivity index (χ4n) is 1.54. The van der Waals surface area contributed by atoms with Crippen molar-refractivity contribution >= 4 is 11.9 Å². The lowest BCUT2D eigenvalue weighted by molar-refractivity contribution is -0.139. The summed E-state index contributed by atoms with van der Waals surface area (Å²) in [6, 6.07) is 15.7. The molecule has 1 unspecified atom stereocenters. The molecule has 0 spiro atoms. The Labute approximate surface area is 117 Å². The van der Waals surface area contributed by atoms with Gasteiger partial charge in [-0.2, -0.15) is 0 Å². The highest BCUT2D eigenvalue weighted by molar-refractivity contribution is 5.74. The standard InChI is InChI=1S/C10H8.C5H9NO4/c1-2-5-9-7-4-8-10(9)6-3-1;6-3(5(9)10)1-2-4(7)8/h1-8H;3H,1-2,6H2,(H,7,8)(H,9,10). The van der Waals surface area contributed by atoms with Gasteiger partial charge in [-0.1, -0.05) is 48.5 Å². The van der Waals surface area contributed by atoms with Crippen LogP contribution in [0.2, 0.25) is 0 Å². The molecule has 5 nitrogen and oxygen atoms in total. The zero-order valence-electron chi connectivity index (χ0n) is 10.9. The molecule has 4 N–H and O–H groups in total. The highest BCUT2D eigenvalue weighted by Crippen LogP contribution is 2.19. The van der Waals surface area contributed by atoms with E-state index < -0.39 is 18.0 Å². The molecule has 0 aromatic carbocycles. The molecule has 20 heavy (non-hydrogen) atoms. The van der Waals surface area contributed by atoms with Gasteiger partial charge in [-0.25, -0.2) is 0 Å². The summed E-state index contributed by atoms with van der Waals surface area (Å²) in [4.78, 5) is 19.9. The van der Waals surface area contributed by atoms with Gasteiger partial charge in [0.05, 0.1) is 0 Å². The summed E-state index contributed by atoms with van der Waals surface area (Å²) >= 11 is 0. The minimum atomic E-state index is -1.17. The van der Waals surface area contributed by atoms with Crippen LogP contribution in [0.4, 0.5) is 0 Å². The van der Waals surface area contributed by atoms with Crippen LogP contribution in [0.1, 0.15) is 12.8 Å². The average Bonchev–Trinajstić information content (AvgIpc) is 2.73. The third kappa shape index (κ3) is 5.49. The lowest BCUT2D eigenvalue weighted by Crippen LogP contribution is -2.30. The van der Waals surface area contributed by atoms with E-state index in [0.29, 0.717) is 0 Å². The largest absolute Gasteiger partial charge is 0.481 e. The van der Waals surface area contributed by atoms with Crippen LogP contribution in [0.3, 0.4) is 0 Å². The molecule has 2 aliphatic carbocycles. The second kappa shape index (κ2) is 7.91. The minimum Gasteiger partial charge on any atom is -0.481 e. The number of carbonyl (C=O) groups is 2. The van der Waals surface area contributed by atoms with E-state index in [0.717, 1.165) is 0 Å². The van der Waals surface area contributed by atoms with Crippen molar-refractivity contribution in [3.05, 3.63) is 48.5 Å². The fourth-order valence-corrected chi connectivity index (χ4v) is 1.54. The first-order valence-electron chi connectivity index (χ1n) is 6.14. The maximum atomic E-state index is 9.99. The van der Waals surface area contributed by atoms with Gasteiger partial charge in [-0.05, 0) is 17.5 Å². The molecule has 0 fully saturated rings. The van der Waals surface area contributed by atoms with Crippen LogP contribution in [0, 0.1) is 0 Å². The Morgan fingerprint density at radius 3 is 1.90 bits per heavy atom. The maximum Gasteiger partial charge on any atom is 0.320 e. The number of rotatable bonds is 4. The number of fused-ring (bicyclic) bond motifs is 1. The Balaban J connectivity index is 0.000000200. The third-order valence-electron chi connectivity index (χ3n) is 2.65. The number of hydrogen-bond donors (Lipinski definition) is 3. The summed E-state index contributed by atoms with van der Waals surface area (Å²) in [6.45, 7) is 0. The van der Waals surface area contributed by atoms with Crippen LogP contribution in [-0.2, 0) is 9.59 Å². The van der Waals surface area contributed by atoms with Crippen molar-refractivity contribution in [3.63, 3.8) is 0 Å². The molecule has 106 valence electrons. The van der Waals surface area contributed by atoms with Gasteiger partial charge in [0, 0.05) is 6.42 Å². The van der Waals surface area contributed by atoms with Gasteiger partial charge in [0.2, 0.25) is 0 Å². The zero-order chi connectivity index (χ0) is 15.0. The smallest absolute Gasteiger partial charge is 0.320 e. The first kappa shape index (κ1) is 15.7. The van der Waals surface area contributed by atoms with Crippen LogP contribution in [0.5, 0.6) is 0 Å². The number of nitrogens with two attached hydrogens (primary N) is 1. The molecule has 0 radical (unpaired) electrons. The van der Waals surface area contributed by atoms with E-state index in [1.165, 1.54) is 11.1 Å². The van der Waals surface area contributed by atoms with Gasteiger partial charge < -0.3 is 15.9 Å². The van der Waals surface area contributed by atoms with Crippen molar-refractivity contribution in [1.82, 2.24) is 0 Å². The number of hydrogen-bond acceptors (Lipinski definition) is 3. The molecule has 2 aliphatic rings. The molecule has 0 aromatic heterocycles. The summed E-state index contributed by atoms with van der Waals surface area (Å²) in [7, 11) is 0. The van der Waals surface area contributed by atoms with E-state index in [4.69, 9.17) is 15.9 Å². The normalized spacial score (nSPS) is 11.2. The minimum absolute atomic E-state index is 0.0231. The number of aliphatic carboxylic acids is 2. The van der Waals surface area contributed by atoms with Crippen molar-refractivity contribution in [1.29, 1.82) is 0 Å². The number of carboxylic acids is 2. The predicted molar refractivity (Wildman–Crippen MR) is 75.5 cm³/mol. The molecule has 0 saturated carbocycles. The van der Waals surface area contributed by atoms with Crippen LogP contribution in [0.25, 0.3) is 11.1 Å². The summed E-state index contributed by atoms with van der Waals surface area (Å²) in [6.07, 6.45) is -0.224. The quantitative estimate of drug-likeness (QED) is 0.792. The molecule has 1 atom stereocenters. The highest BCUT2D eigenvalue weighted by atomic mass is 16.4. The topological polar surface area (TPSA) is 101 Å². The van der Waals surface area contributed by atoms with E-state index in [1.807, 2.05) is 6.07 Å². The third-order valence-corrected chi connectivity index (χ3v) is 2.65. The van der Waals surface area contributed by atoms with Gasteiger partial charge in [-0.15, -0.1) is 0 Å². The van der Waals surface area contributed by atoms with E-state index in [-0.39, 0.29) is 12.8 Å². The Bertz CT molecular complexity index is 513. The van der Waals surface area contributed by atoms with Crippen LogP contribution in [-0.4, -0.2) is 28.2 Å². The molecular weight excluding hydrogens is 258 g/mol. The van der Waals surface area contributed by atoms with Crippen molar-refractivity contribution in [3.8, 4) is 11.1 Å². The first-order valence-corrected chi connectivity index (χ1v) is 6.14. The lowest BCUT2D eigenvalue weighted by atomic mass is 10.2. The van der Waals surface area contributed by atoms with E-state index in [1.54, 1.807) is 0 Å². The Morgan fingerprint density at radius 2 is 1.45 bits per heavy atom. The van der Waals surface area contributed by atoms with Gasteiger partial charge >= 0.3 is 11.9 Å². The maximum absolute atomic E-state index is 9.99. The molecule has 0 aromatic rings. The monoisotopic (exact) mass is 275 g/mol. The Morgan fingerprint density at radius 1 is 0.950 bits per heavy atom. The van der Waals surface area contributed by atoms with Gasteiger partial charge in [0.25, 0.3) is 0 Å². The highest BCUT2D eigenvalue weighted by Gasteiger charge is 2.12. The van der Waals surface area contributed by atoms with Crippen LogP contribution < -0.4 is 5.73 Å². The molecule has 0 aliphatic heterocycles. The van der Waals surface area contributed by atoms with E-state index in [2.05, 4.69) is 42.5 Å². The molecule has 0 amide bonds. The molecule has 2 rings (SSSR count). The molecular formula is C15H17NO4. The second-order valence-electron chi connectivity index (χ2n) is 4.22. The SMILES string of the molecule is NC(CCC(=O)O)C(=O)O.c1ccc2cccc-2cc1. The lowest BCUT2D eigenvalue weighted by Gasteiger charge is -2.01. The molecule has 0 bridgehead atoms. The molecule has 0 saturated heterocycles. The van der Waals surface area contributed by atoms with Crippen LogP contribution >= 0.6 is 0 Å². The van der Waals surface area contributed by atoms with Crippen molar-refractivity contribution in [2.75, 3.05) is 0 Å². The first-order chi connectivity index (χ1) is 9.50. The van der Waals surface area contributed by atoms with Gasteiger partial charge in [0.15, 0.2) is 0 Å². The Kier molecular flexibility index (Phi) is 6.19. The van der Waals surface area contributed by atoms with E-state index in [9.17, 15) is 9.59 Å². The summed E-state index contributed by atoms with van der Waals surface area (Å²) in [5.74, 6) is -2.20. The predicted octanol–water partition coefficient (Wildman–Crippen LogP) is 2.05. The van der Waals surface area contributed by atoms with Crippen LogP contribution in [0.15, 0.2) is 48.5 Å². The van der Waals surface area contributed by atoms with Crippen molar-refractivity contribution < 1.29 is 19.8 Å². The average molecular weight is 275 g/mol. The molecule has 5 heteroatoms. The van der Waals surface area contributed by atoms with Crippen molar-refractivity contribution in [2.45, 2.75) is 18.9 Å². The fraction of sp³-hybridized carbons (Fsp3) is 0.200. The van der Waals surface area contributed by atoms with Gasteiger partial charge in [0.1, 0.15) is 6.04 Å². The van der Waals surface area contributed by atoms with Crippen molar-refractivity contribution in [2.24, 2.45) is 5.73 Å². The van der Waals surface area contributed by atoms with Gasteiger partial charge in [-0.3, -0.25) is 9.59 Å². The summed E-state index contributed by atoms with van der Waals surface area (Å²) in [5.41, 5.74) is 7.62. The summed E-state index contributed by atoms with van der Waals surface area (Å²) in [5, 5.41) is 16.3.